The molecule has 8 aromatic rings. The summed E-state index contributed by atoms with van der Waals surface area (Å²) in [5.74, 6) is 2.77. The highest BCUT2D eigenvalue weighted by Gasteiger charge is 2.25. The van der Waals surface area contributed by atoms with Gasteiger partial charge < -0.3 is 9.80 Å². The van der Waals surface area contributed by atoms with Crippen molar-refractivity contribution in [2.24, 2.45) is 0 Å². The van der Waals surface area contributed by atoms with Gasteiger partial charge in [-0.2, -0.15) is 0 Å². The van der Waals surface area contributed by atoms with Crippen LogP contribution in [0, 0.1) is 0 Å². The maximum absolute atomic E-state index is 5.22. The third kappa shape index (κ3) is 6.19. The molecule has 7 nitrogen and oxygen atoms in total. The molecular formula is C48H45N7. The lowest BCUT2D eigenvalue weighted by atomic mass is 9.87. The van der Waals surface area contributed by atoms with Gasteiger partial charge in [0.2, 0.25) is 0 Å². The van der Waals surface area contributed by atoms with E-state index in [4.69, 9.17) is 19.9 Å². The quantitative estimate of drug-likeness (QED) is 0.176. The van der Waals surface area contributed by atoms with E-state index in [9.17, 15) is 0 Å². The molecular weight excluding hydrogens is 675 g/mol. The molecule has 272 valence electrons. The Bertz CT molecular complexity index is 2730. The highest BCUT2D eigenvalue weighted by atomic mass is 15.4. The normalized spacial score (nSPS) is 13.2. The molecule has 55 heavy (non-hydrogen) atoms. The summed E-state index contributed by atoms with van der Waals surface area (Å²) in [7, 11) is 2.13. The average Bonchev–Trinajstić information content (AvgIpc) is 3.71. The summed E-state index contributed by atoms with van der Waals surface area (Å²) in [5.41, 5.74) is 10.9. The van der Waals surface area contributed by atoms with Crippen molar-refractivity contribution >= 4 is 38.9 Å². The molecule has 9 rings (SSSR count). The number of rotatable bonds is 5. The first-order chi connectivity index (χ1) is 26.4. The van der Waals surface area contributed by atoms with Crippen LogP contribution in [-0.2, 0) is 10.8 Å². The van der Waals surface area contributed by atoms with E-state index in [1.165, 1.54) is 27.9 Å². The second kappa shape index (κ2) is 12.9. The Kier molecular flexibility index (Phi) is 8.08. The van der Waals surface area contributed by atoms with Crippen LogP contribution in [0.25, 0.3) is 61.8 Å². The van der Waals surface area contributed by atoms with Crippen molar-refractivity contribution in [3.05, 3.63) is 145 Å². The summed E-state index contributed by atoms with van der Waals surface area (Å²) in [5, 5.41) is 2.33. The van der Waals surface area contributed by atoms with Crippen molar-refractivity contribution in [3.63, 3.8) is 0 Å². The lowest BCUT2D eigenvalue weighted by Crippen LogP contribution is -2.23. The molecule has 0 atom stereocenters. The third-order valence-corrected chi connectivity index (χ3v) is 10.8. The first-order valence-corrected chi connectivity index (χ1v) is 19.0. The number of hydrogen-bond acceptors (Lipinski definition) is 6. The number of hydrogen-bond donors (Lipinski definition) is 0. The van der Waals surface area contributed by atoms with Gasteiger partial charge in [0.05, 0.1) is 29.1 Å². The number of fused-ring (bicyclic) bond motifs is 4. The molecule has 0 fully saturated rings. The number of anilines is 3. The third-order valence-electron chi connectivity index (χ3n) is 10.8. The van der Waals surface area contributed by atoms with Gasteiger partial charge in [-0.25, -0.2) is 19.9 Å². The van der Waals surface area contributed by atoms with E-state index < -0.39 is 0 Å². The number of benzene rings is 5. The molecule has 0 saturated carbocycles. The zero-order chi connectivity index (χ0) is 38.1. The van der Waals surface area contributed by atoms with E-state index >= 15 is 0 Å². The molecule has 0 saturated heterocycles. The lowest BCUT2D eigenvalue weighted by molar-refractivity contribution is 0.588. The molecule has 0 bridgehead atoms. The van der Waals surface area contributed by atoms with Crippen LogP contribution >= 0.6 is 0 Å². The van der Waals surface area contributed by atoms with Gasteiger partial charge in [0.1, 0.15) is 5.82 Å². The summed E-state index contributed by atoms with van der Waals surface area (Å²) in [6.45, 7) is 14.2. The predicted molar refractivity (Wildman–Crippen MR) is 228 cm³/mol. The fourth-order valence-corrected chi connectivity index (χ4v) is 7.66. The Morgan fingerprint density at radius 2 is 1.13 bits per heavy atom. The highest BCUT2D eigenvalue weighted by molar-refractivity contribution is 6.10. The summed E-state index contributed by atoms with van der Waals surface area (Å²) >= 11 is 0. The van der Waals surface area contributed by atoms with Crippen molar-refractivity contribution in [2.45, 2.75) is 52.4 Å². The van der Waals surface area contributed by atoms with E-state index in [1.54, 1.807) is 0 Å². The minimum Gasteiger partial charge on any atom is -0.355 e. The van der Waals surface area contributed by atoms with Gasteiger partial charge >= 0.3 is 0 Å². The predicted octanol–water partition coefficient (Wildman–Crippen LogP) is 11.5. The van der Waals surface area contributed by atoms with Crippen molar-refractivity contribution in [1.82, 2.24) is 24.5 Å². The molecule has 4 heterocycles. The van der Waals surface area contributed by atoms with Gasteiger partial charge in [-0.05, 0) is 70.5 Å². The monoisotopic (exact) mass is 719 g/mol. The van der Waals surface area contributed by atoms with Crippen molar-refractivity contribution in [1.29, 1.82) is 0 Å². The van der Waals surface area contributed by atoms with Crippen LogP contribution in [0.3, 0.4) is 0 Å². The van der Waals surface area contributed by atoms with Gasteiger partial charge in [-0.3, -0.25) is 4.57 Å². The summed E-state index contributed by atoms with van der Waals surface area (Å²) < 4.78 is 2.27. The molecule has 7 heteroatoms. The van der Waals surface area contributed by atoms with Gasteiger partial charge in [-0.15, -0.1) is 0 Å². The number of aromatic nitrogens is 5. The number of pyridine rings is 1. The molecule has 3 aromatic heterocycles. The lowest BCUT2D eigenvalue weighted by Gasteiger charge is -2.20. The van der Waals surface area contributed by atoms with Gasteiger partial charge in [-0.1, -0.05) is 120 Å². The summed E-state index contributed by atoms with van der Waals surface area (Å²) in [6.07, 6.45) is 1.92. The molecule has 0 unspecified atom stereocenters. The molecule has 0 amide bonds. The van der Waals surface area contributed by atoms with Crippen molar-refractivity contribution < 1.29 is 0 Å². The van der Waals surface area contributed by atoms with Crippen molar-refractivity contribution in [2.75, 3.05) is 23.5 Å². The first-order valence-electron chi connectivity index (χ1n) is 19.0. The fourth-order valence-electron chi connectivity index (χ4n) is 7.66. The SMILES string of the molecule is CN1CN(c2cccc(-c3nc(-c4ccc(C(C)(C)C)cc4)nc(-c4ccc5c6ccccc6n(-c6cc(C(C)(C)C)ccn6)c5c4)n3)c2)c2ccccc21. The van der Waals surface area contributed by atoms with E-state index in [-0.39, 0.29) is 10.8 Å². The molecule has 5 aromatic carbocycles. The maximum atomic E-state index is 5.22. The molecule has 0 spiro atoms. The second-order valence-corrected chi connectivity index (χ2v) is 16.7. The van der Waals surface area contributed by atoms with E-state index in [1.807, 2.05) is 6.20 Å². The van der Waals surface area contributed by atoms with Gasteiger partial charge in [0, 0.05) is 46.4 Å². The molecule has 0 N–H and O–H groups in total. The summed E-state index contributed by atoms with van der Waals surface area (Å²) in [6, 6.07) is 45.1. The minimum absolute atomic E-state index is 0.0181. The standard InChI is InChI=1S/C48H45N7/c1-47(2,3)34-22-19-31(20-23-34)44-50-45(32-13-12-14-36(27-32)54-30-53(7)40-17-10-11-18-41(40)54)52-46(51-44)33-21-24-38-37-15-8-9-16-39(37)55(42(38)28-33)43-29-35(25-26-49-43)48(4,5)6/h8-29H,30H2,1-7H3. The van der Waals surface area contributed by atoms with E-state index in [0.717, 1.165) is 51.3 Å². The topological polar surface area (TPSA) is 63.0 Å². The number of para-hydroxylation sites is 3. The van der Waals surface area contributed by atoms with Crippen LogP contribution in [0.1, 0.15) is 52.7 Å². The Labute approximate surface area is 323 Å². The molecule has 1 aliphatic heterocycles. The van der Waals surface area contributed by atoms with Crippen molar-refractivity contribution in [3.8, 4) is 40.0 Å². The molecule has 0 aliphatic carbocycles. The number of nitrogens with zero attached hydrogens (tertiary/aromatic N) is 7. The Hall–Kier alpha value is -6.34. The average molecular weight is 720 g/mol. The van der Waals surface area contributed by atoms with Crippen LogP contribution < -0.4 is 9.80 Å². The first kappa shape index (κ1) is 34.4. The van der Waals surface area contributed by atoms with Crippen LogP contribution in [0.4, 0.5) is 17.1 Å². The van der Waals surface area contributed by atoms with Crippen LogP contribution in [0.5, 0.6) is 0 Å². The summed E-state index contributed by atoms with van der Waals surface area (Å²) in [4.78, 5) is 25.1. The Morgan fingerprint density at radius 3 is 1.85 bits per heavy atom. The van der Waals surface area contributed by atoms with E-state index in [0.29, 0.717) is 17.5 Å². The second-order valence-electron chi connectivity index (χ2n) is 16.7. The van der Waals surface area contributed by atoms with E-state index in [2.05, 4.69) is 190 Å². The maximum Gasteiger partial charge on any atom is 0.164 e. The zero-order valence-electron chi connectivity index (χ0n) is 32.5. The van der Waals surface area contributed by atoms with Gasteiger partial charge in [0.15, 0.2) is 17.5 Å². The minimum atomic E-state index is -0.0181. The van der Waals surface area contributed by atoms with Gasteiger partial charge in [0.25, 0.3) is 0 Å². The van der Waals surface area contributed by atoms with Crippen LogP contribution in [-0.4, -0.2) is 38.2 Å². The van der Waals surface area contributed by atoms with Crippen LogP contribution in [0.15, 0.2) is 134 Å². The molecule has 0 radical (unpaired) electrons. The Morgan fingerprint density at radius 1 is 0.509 bits per heavy atom. The smallest absolute Gasteiger partial charge is 0.164 e. The Balaban J connectivity index is 1.22. The largest absolute Gasteiger partial charge is 0.355 e. The fraction of sp³-hybridized carbons (Fsp3) is 0.208. The van der Waals surface area contributed by atoms with Crippen LogP contribution in [0.2, 0.25) is 0 Å². The molecule has 1 aliphatic rings. The highest BCUT2D eigenvalue weighted by Crippen LogP contribution is 2.41. The zero-order valence-corrected chi connectivity index (χ0v) is 32.5.